The number of Topliss-reactive ketones (excluding diaryl/α,β-unsaturated/α-hetero) is 1. The summed E-state index contributed by atoms with van der Waals surface area (Å²) in [6.45, 7) is 3.73. The van der Waals surface area contributed by atoms with E-state index in [-0.39, 0.29) is 25.4 Å². The van der Waals surface area contributed by atoms with E-state index in [9.17, 15) is 4.79 Å². The van der Waals surface area contributed by atoms with Gasteiger partial charge in [-0.15, -0.1) is 0 Å². The Kier molecular flexibility index (Phi) is 4.93. The van der Waals surface area contributed by atoms with Gasteiger partial charge in [-0.25, -0.2) is 4.98 Å². The number of rotatable bonds is 7. The Hall–Kier alpha value is -1.92. The number of pyridine rings is 1. The third kappa shape index (κ3) is 3.06. The summed E-state index contributed by atoms with van der Waals surface area (Å²) in [7, 11) is 0. The van der Waals surface area contributed by atoms with Crippen molar-refractivity contribution in [2.24, 2.45) is 5.92 Å². The van der Waals surface area contributed by atoms with E-state index in [1.807, 2.05) is 13.0 Å². The lowest BCUT2D eigenvalue weighted by Gasteiger charge is -2.10. The van der Waals surface area contributed by atoms with Crippen LogP contribution in [-0.4, -0.2) is 45.2 Å². The third-order valence-electron chi connectivity index (χ3n) is 3.34. The lowest BCUT2D eigenvalue weighted by Crippen LogP contribution is -2.17. The molecule has 0 aromatic carbocycles. The Labute approximate surface area is 123 Å². The minimum absolute atomic E-state index is 0.0838. The van der Waals surface area contributed by atoms with Gasteiger partial charge in [-0.05, 0) is 26.0 Å². The highest BCUT2D eigenvalue weighted by Gasteiger charge is 2.21. The predicted molar refractivity (Wildman–Crippen MR) is 77.7 cm³/mol. The number of aliphatic hydroxyl groups is 2. The number of fused-ring (bicyclic) bond motifs is 1. The van der Waals surface area contributed by atoms with Gasteiger partial charge in [-0.3, -0.25) is 9.20 Å². The molecule has 0 aliphatic carbocycles. The first-order valence-electron chi connectivity index (χ1n) is 6.97. The maximum Gasteiger partial charge on any atom is 0.181 e. The zero-order chi connectivity index (χ0) is 15.4. The van der Waals surface area contributed by atoms with Crippen LogP contribution in [0.2, 0.25) is 0 Å². The van der Waals surface area contributed by atoms with Crippen LogP contribution >= 0.6 is 0 Å². The maximum absolute atomic E-state index is 12.4. The molecule has 0 spiro atoms. The second kappa shape index (κ2) is 6.69. The van der Waals surface area contributed by atoms with E-state index in [1.165, 1.54) is 0 Å². The van der Waals surface area contributed by atoms with Gasteiger partial charge in [-0.1, -0.05) is 0 Å². The van der Waals surface area contributed by atoms with Crippen molar-refractivity contribution >= 4 is 11.4 Å². The lowest BCUT2D eigenvalue weighted by molar-refractivity contribution is 0.0873. The molecule has 0 aliphatic rings. The molecule has 2 heterocycles. The van der Waals surface area contributed by atoms with Crippen LogP contribution in [0.15, 0.2) is 18.3 Å². The second-order valence-electron chi connectivity index (χ2n) is 4.90. The van der Waals surface area contributed by atoms with Crippen molar-refractivity contribution in [3.05, 3.63) is 29.7 Å². The van der Waals surface area contributed by atoms with Crippen LogP contribution in [0.3, 0.4) is 0 Å². The highest BCUT2D eigenvalue weighted by molar-refractivity contribution is 5.96. The monoisotopic (exact) mass is 292 g/mol. The lowest BCUT2D eigenvalue weighted by atomic mass is 10.0. The number of ketones is 1. The quantitative estimate of drug-likeness (QED) is 0.750. The van der Waals surface area contributed by atoms with E-state index in [1.54, 1.807) is 23.6 Å². The van der Waals surface area contributed by atoms with Crippen LogP contribution in [0.5, 0.6) is 5.75 Å². The van der Waals surface area contributed by atoms with Crippen molar-refractivity contribution in [3.8, 4) is 5.75 Å². The number of aryl methyl sites for hydroxylation is 1. The molecule has 0 atom stereocenters. The van der Waals surface area contributed by atoms with Crippen molar-refractivity contribution in [3.63, 3.8) is 0 Å². The molecule has 6 heteroatoms. The smallest absolute Gasteiger partial charge is 0.181 e. The van der Waals surface area contributed by atoms with Crippen LogP contribution in [0, 0.1) is 12.8 Å². The molecule has 6 nitrogen and oxygen atoms in total. The minimum Gasteiger partial charge on any atom is -0.490 e. The Bertz CT molecular complexity index is 632. The fourth-order valence-electron chi connectivity index (χ4n) is 2.31. The van der Waals surface area contributed by atoms with Gasteiger partial charge in [-0.2, -0.15) is 0 Å². The summed E-state index contributed by atoms with van der Waals surface area (Å²) < 4.78 is 7.22. The van der Waals surface area contributed by atoms with Crippen molar-refractivity contribution in [2.75, 3.05) is 19.8 Å². The number of aliphatic hydroxyl groups excluding tert-OH is 2. The average molecular weight is 292 g/mol. The zero-order valence-electron chi connectivity index (χ0n) is 12.2. The summed E-state index contributed by atoms with van der Waals surface area (Å²) in [6, 6.07) is 3.61. The molecule has 0 fully saturated rings. The van der Waals surface area contributed by atoms with Crippen molar-refractivity contribution in [1.82, 2.24) is 9.38 Å². The Morgan fingerprint density at radius 2 is 2.14 bits per heavy atom. The molecule has 0 bridgehead atoms. The SMILES string of the molecule is CCOc1cccn2c(C(=O)CC(CO)CO)c(C)nc12. The number of ether oxygens (including phenoxy) is 1. The Morgan fingerprint density at radius 3 is 2.76 bits per heavy atom. The molecule has 0 unspecified atom stereocenters. The Balaban J connectivity index is 2.42. The first kappa shape index (κ1) is 15.5. The first-order chi connectivity index (χ1) is 10.1. The largest absolute Gasteiger partial charge is 0.490 e. The van der Waals surface area contributed by atoms with Gasteiger partial charge in [0, 0.05) is 31.7 Å². The van der Waals surface area contributed by atoms with Gasteiger partial charge in [0.15, 0.2) is 17.2 Å². The molecule has 21 heavy (non-hydrogen) atoms. The molecule has 2 aromatic rings. The number of hydrogen-bond acceptors (Lipinski definition) is 5. The van der Waals surface area contributed by atoms with Gasteiger partial charge in [0.25, 0.3) is 0 Å². The summed E-state index contributed by atoms with van der Waals surface area (Å²) in [5.41, 5.74) is 1.69. The average Bonchev–Trinajstić information content (AvgIpc) is 2.82. The van der Waals surface area contributed by atoms with Crippen LogP contribution in [0.1, 0.15) is 29.5 Å². The van der Waals surface area contributed by atoms with Gasteiger partial charge in [0.1, 0.15) is 5.69 Å². The summed E-state index contributed by atoms with van der Waals surface area (Å²) >= 11 is 0. The molecular formula is C15H20N2O4. The molecule has 0 radical (unpaired) electrons. The minimum atomic E-state index is -0.447. The molecule has 114 valence electrons. The Morgan fingerprint density at radius 1 is 1.43 bits per heavy atom. The van der Waals surface area contributed by atoms with E-state index in [4.69, 9.17) is 14.9 Å². The molecular weight excluding hydrogens is 272 g/mol. The van der Waals surface area contributed by atoms with Gasteiger partial charge in [0.05, 0.1) is 12.3 Å². The normalized spacial score (nSPS) is 11.3. The summed E-state index contributed by atoms with van der Waals surface area (Å²) in [5.74, 6) is 0.0299. The van der Waals surface area contributed by atoms with Gasteiger partial charge >= 0.3 is 0 Å². The number of carbonyl (C=O) groups excluding carboxylic acids is 1. The fourth-order valence-corrected chi connectivity index (χ4v) is 2.31. The topological polar surface area (TPSA) is 84.1 Å². The number of carbonyl (C=O) groups is 1. The van der Waals surface area contributed by atoms with E-state index in [2.05, 4.69) is 4.98 Å². The molecule has 0 aliphatic heterocycles. The van der Waals surface area contributed by atoms with Crippen LogP contribution in [-0.2, 0) is 0 Å². The summed E-state index contributed by atoms with van der Waals surface area (Å²) in [6.07, 6.45) is 1.85. The number of imidazole rings is 1. The zero-order valence-corrected chi connectivity index (χ0v) is 12.2. The van der Waals surface area contributed by atoms with E-state index in [0.717, 1.165) is 0 Å². The molecule has 0 saturated heterocycles. The maximum atomic E-state index is 12.4. The van der Waals surface area contributed by atoms with E-state index >= 15 is 0 Å². The fraction of sp³-hybridized carbons (Fsp3) is 0.467. The highest BCUT2D eigenvalue weighted by Crippen LogP contribution is 2.23. The van der Waals surface area contributed by atoms with Crippen molar-refractivity contribution in [2.45, 2.75) is 20.3 Å². The standard InChI is InChI=1S/C15H20N2O4/c1-3-21-13-5-4-6-17-14(10(2)16-15(13)17)12(20)7-11(8-18)9-19/h4-6,11,18-19H,3,7-9H2,1-2H3. The molecule has 0 amide bonds. The number of aromatic nitrogens is 2. The van der Waals surface area contributed by atoms with E-state index < -0.39 is 5.92 Å². The first-order valence-corrected chi connectivity index (χ1v) is 6.97. The van der Waals surface area contributed by atoms with Gasteiger partial charge < -0.3 is 14.9 Å². The summed E-state index contributed by atoms with van der Waals surface area (Å²) in [5, 5.41) is 18.2. The van der Waals surface area contributed by atoms with Crippen LogP contribution in [0.25, 0.3) is 5.65 Å². The van der Waals surface area contributed by atoms with Crippen LogP contribution < -0.4 is 4.74 Å². The predicted octanol–water partition coefficient (Wildman–Crippen LogP) is 1.22. The number of nitrogens with zero attached hydrogens (tertiary/aromatic N) is 2. The highest BCUT2D eigenvalue weighted by atomic mass is 16.5. The number of hydrogen-bond donors (Lipinski definition) is 2. The van der Waals surface area contributed by atoms with Crippen LogP contribution in [0.4, 0.5) is 0 Å². The van der Waals surface area contributed by atoms with Crippen molar-refractivity contribution < 1.29 is 19.7 Å². The second-order valence-corrected chi connectivity index (χ2v) is 4.90. The van der Waals surface area contributed by atoms with E-state index in [0.29, 0.717) is 29.4 Å². The molecule has 2 aromatic heterocycles. The molecule has 2 rings (SSSR count). The van der Waals surface area contributed by atoms with Gasteiger partial charge in [0.2, 0.25) is 0 Å². The third-order valence-corrected chi connectivity index (χ3v) is 3.34. The van der Waals surface area contributed by atoms with Crippen molar-refractivity contribution in [1.29, 1.82) is 0 Å². The summed E-state index contributed by atoms with van der Waals surface area (Å²) in [4.78, 5) is 16.8. The molecule has 2 N–H and O–H groups in total. The molecule has 0 saturated carbocycles.